The van der Waals surface area contributed by atoms with Gasteiger partial charge in [-0.05, 0) is 38.0 Å². The molecular formula is C15H20N2O5S. The van der Waals surface area contributed by atoms with Crippen LogP contribution in [-0.2, 0) is 19.6 Å². The lowest BCUT2D eigenvalue weighted by Gasteiger charge is -2.20. The molecule has 0 aromatic heterocycles. The van der Waals surface area contributed by atoms with E-state index < -0.39 is 21.4 Å². The molecule has 23 heavy (non-hydrogen) atoms. The third kappa shape index (κ3) is 3.37. The standard InChI is InChI=1S/C15H20N2O5S/c1-10-4-5-12(8-13(10)16-11(2)18)23(21,22)17-7-6-15(3,9-17)14(19)20/h4-5,8H,6-7,9H2,1-3H3,(H,16,18)(H,19,20). The molecule has 7 nitrogen and oxygen atoms in total. The van der Waals surface area contributed by atoms with Crippen LogP contribution in [0, 0.1) is 12.3 Å². The van der Waals surface area contributed by atoms with E-state index in [2.05, 4.69) is 5.32 Å². The van der Waals surface area contributed by atoms with Crippen molar-refractivity contribution in [2.45, 2.75) is 32.1 Å². The zero-order chi connectivity index (χ0) is 17.4. The van der Waals surface area contributed by atoms with Crippen molar-refractivity contribution in [3.63, 3.8) is 0 Å². The molecule has 1 saturated heterocycles. The van der Waals surface area contributed by atoms with Gasteiger partial charge in [0.15, 0.2) is 0 Å². The monoisotopic (exact) mass is 340 g/mol. The number of benzene rings is 1. The minimum atomic E-state index is -3.80. The Hall–Kier alpha value is -1.93. The van der Waals surface area contributed by atoms with Crippen molar-refractivity contribution in [1.29, 1.82) is 0 Å². The highest BCUT2D eigenvalue weighted by molar-refractivity contribution is 7.89. The molecule has 0 bridgehead atoms. The summed E-state index contributed by atoms with van der Waals surface area (Å²) in [6.07, 6.45) is 0.270. The van der Waals surface area contributed by atoms with E-state index >= 15 is 0 Å². The minimum Gasteiger partial charge on any atom is -0.481 e. The van der Waals surface area contributed by atoms with Gasteiger partial charge in [0.1, 0.15) is 0 Å². The van der Waals surface area contributed by atoms with Crippen LogP contribution in [0.15, 0.2) is 23.1 Å². The fraction of sp³-hybridized carbons (Fsp3) is 0.467. The molecule has 1 unspecified atom stereocenters. The van der Waals surface area contributed by atoms with Crippen LogP contribution in [0.1, 0.15) is 25.8 Å². The summed E-state index contributed by atoms with van der Waals surface area (Å²) in [4.78, 5) is 22.5. The normalized spacial score (nSPS) is 22.0. The average molecular weight is 340 g/mol. The lowest BCUT2D eigenvalue weighted by molar-refractivity contribution is -0.146. The number of carboxylic acids is 1. The number of amides is 1. The fourth-order valence-corrected chi connectivity index (χ4v) is 4.12. The van der Waals surface area contributed by atoms with Gasteiger partial charge in [-0.1, -0.05) is 6.07 Å². The average Bonchev–Trinajstić information content (AvgIpc) is 2.85. The number of aliphatic carboxylic acids is 1. The van der Waals surface area contributed by atoms with Gasteiger partial charge in [0.25, 0.3) is 0 Å². The first-order valence-electron chi connectivity index (χ1n) is 7.18. The number of aryl methyl sites for hydroxylation is 1. The molecule has 0 radical (unpaired) electrons. The van der Waals surface area contributed by atoms with Gasteiger partial charge in [0.2, 0.25) is 15.9 Å². The second-order valence-electron chi connectivity index (χ2n) is 6.11. The molecule has 1 aromatic carbocycles. The number of nitrogens with zero attached hydrogens (tertiary/aromatic N) is 1. The second kappa shape index (κ2) is 5.93. The van der Waals surface area contributed by atoms with Crippen LogP contribution < -0.4 is 5.32 Å². The summed E-state index contributed by atoms with van der Waals surface area (Å²) in [5, 5.41) is 11.8. The Kier molecular flexibility index (Phi) is 4.50. The lowest BCUT2D eigenvalue weighted by atomic mass is 9.90. The molecule has 1 aromatic rings. The zero-order valence-corrected chi connectivity index (χ0v) is 14.1. The van der Waals surface area contributed by atoms with E-state index in [-0.39, 0.29) is 30.3 Å². The SMILES string of the molecule is CC(=O)Nc1cc(S(=O)(=O)N2CCC(C)(C(=O)O)C2)ccc1C. The first-order chi connectivity index (χ1) is 10.6. The van der Waals surface area contributed by atoms with E-state index in [0.717, 1.165) is 5.56 Å². The number of anilines is 1. The molecule has 1 aliphatic rings. The van der Waals surface area contributed by atoms with Crippen molar-refractivity contribution >= 4 is 27.6 Å². The third-order valence-electron chi connectivity index (χ3n) is 4.11. The quantitative estimate of drug-likeness (QED) is 0.863. The number of carboxylic acid groups (broad SMARTS) is 1. The maximum Gasteiger partial charge on any atom is 0.310 e. The molecule has 1 aliphatic heterocycles. The molecule has 8 heteroatoms. The highest BCUT2D eigenvalue weighted by atomic mass is 32.2. The van der Waals surface area contributed by atoms with Crippen molar-refractivity contribution in [3.05, 3.63) is 23.8 Å². The molecule has 0 spiro atoms. The summed E-state index contributed by atoms with van der Waals surface area (Å²) in [5.41, 5.74) is 0.104. The van der Waals surface area contributed by atoms with E-state index in [1.165, 1.54) is 23.4 Å². The summed E-state index contributed by atoms with van der Waals surface area (Å²) in [7, 11) is -3.80. The fourth-order valence-electron chi connectivity index (χ4n) is 2.53. The molecule has 1 atom stereocenters. The first-order valence-corrected chi connectivity index (χ1v) is 8.62. The van der Waals surface area contributed by atoms with Crippen LogP contribution in [0.5, 0.6) is 0 Å². The minimum absolute atomic E-state index is 0.0430. The molecule has 2 rings (SSSR count). The summed E-state index contributed by atoms with van der Waals surface area (Å²) in [6, 6.07) is 4.49. The Morgan fingerprint density at radius 3 is 2.52 bits per heavy atom. The van der Waals surface area contributed by atoms with Crippen molar-refractivity contribution in [1.82, 2.24) is 4.31 Å². The predicted molar refractivity (Wildman–Crippen MR) is 84.6 cm³/mol. The maximum atomic E-state index is 12.7. The van der Waals surface area contributed by atoms with E-state index in [1.807, 2.05) is 0 Å². The number of sulfonamides is 1. The summed E-state index contributed by atoms with van der Waals surface area (Å²) in [6.45, 7) is 4.75. The van der Waals surface area contributed by atoms with Crippen LogP contribution in [0.3, 0.4) is 0 Å². The third-order valence-corrected chi connectivity index (χ3v) is 5.95. The number of carbonyl (C=O) groups is 2. The molecule has 1 heterocycles. The van der Waals surface area contributed by atoms with E-state index in [0.29, 0.717) is 5.69 Å². The van der Waals surface area contributed by atoms with Crippen LogP contribution in [0.2, 0.25) is 0 Å². The summed E-state index contributed by atoms with van der Waals surface area (Å²) >= 11 is 0. The smallest absolute Gasteiger partial charge is 0.310 e. The number of carbonyl (C=O) groups excluding carboxylic acids is 1. The Morgan fingerprint density at radius 1 is 1.35 bits per heavy atom. The number of hydrogen-bond acceptors (Lipinski definition) is 4. The van der Waals surface area contributed by atoms with Crippen molar-refractivity contribution < 1.29 is 23.1 Å². The number of nitrogens with one attached hydrogen (secondary N) is 1. The van der Waals surface area contributed by atoms with Gasteiger partial charge in [0.05, 0.1) is 10.3 Å². The molecule has 1 fully saturated rings. The largest absolute Gasteiger partial charge is 0.481 e. The number of hydrogen-bond donors (Lipinski definition) is 2. The summed E-state index contributed by atoms with van der Waals surface area (Å²) in [5.74, 6) is -1.29. The van der Waals surface area contributed by atoms with Gasteiger partial charge in [-0.25, -0.2) is 8.42 Å². The van der Waals surface area contributed by atoms with Crippen LogP contribution in [0.25, 0.3) is 0 Å². The van der Waals surface area contributed by atoms with Crippen molar-refractivity contribution in [3.8, 4) is 0 Å². The molecule has 126 valence electrons. The Morgan fingerprint density at radius 2 is 2.00 bits per heavy atom. The Labute approximate surface area is 135 Å². The maximum absolute atomic E-state index is 12.7. The van der Waals surface area contributed by atoms with Gasteiger partial charge in [-0.2, -0.15) is 4.31 Å². The molecule has 1 amide bonds. The van der Waals surface area contributed by atoms with Crippen molar-refractivity contribution in [2.75, 3.05) is 18.4 Å². The molecule has 0 aliphatic carbocycles. The Balaban J connectivity index is 2.34. The molecule has 0 saturated carbocycles. The van der Waals surface area contributed by atoms with Gasteiger partial charge >= 0.3 is 5.97 Å². The topological polar surface area (TPSA) is 104 Å². The second-order valence-corrected chi connectivity index (χ2v) is 8.05. The molecular weight excluding hydrogens is 320 g/mol. The highest BCUT2D eigenvalue weighted by Crippen LogP contribution is 2.34. The Bertz CT molecular complexity index is 759. The number of rotatable bonds is 4. The van der Waals surface area contributed by atoms with Gasteiger partial charge in [0, 0.05) is 25.7 Å². The molecule has 2 N–H and O–H groups in total. The van der Waals surface area contributed by atoms with Crippen molar-refractivity contribution in [2.24, 2.45) is 5.41 Å². The van der Waals surface area contributed by atoms with E-state index in [1.54, 1.807) is 19.9 Å². The lowest BCUT2D eigenvalue weighted by Crippen LogP contribution is -2.34. The van der Waals surface area contributed by atoms with E-state index in [9.17, 15) is 23.1 Å². The van der Waals surface area contributed by atoms with Gasteiger partial charge in [-0.3, -0.25) is 9.59 Å². The highest BCUT2D eigenvalue weighted by Gasteiger charge is 2.44. The van der Waals surface area contributed by atoms with Crippen LogP contribution in [0.4, 0.5) is 5.69 Å². The van der Waals surface area contributed by atoms with E-state index in [4.69, 9.17) is 0 Å². The first kappa shape index (κ1) is 17.4. The van der Waals surface area contributed by atoms with Crippen LogP contribution in [-0.4, -0.2) is 42.8 Å². The van der Waals surface area contributed by atoms with Crippen LogP contribution >= 0.6 is 0 Å². The zero-order valence-electron chi connectivity index (χ0n) is 13.3. The predicted octanol–water partition coefficient (Wildman–Crippen LogP) is 1.44. The summed E-state index contributed by atoms with van der Waals surface area (Å²) < 4.78 is 26.6. The van der Waals surface area contributed by atoms with Gasteiger partial charge in [-0.15, -0.1) is 0 Å². The van der Waals surface area contributed by atoms with Gasteiger partial charge < -0.3 is 10.4 Å².